The molecule has 23 heavy (non-hydrogen) atoms. The fraction of sp³-hybridized carbons (Fsp3) is 0.0500. The van der Waals surface area contributed by atoms with Gasteiger partial charge in [0.2, 0.25) is 0 Å². The molecule has 0 N–H and O–H groups in total. The Hall–Kier alpha value is -2.94. The molecule has 0 aliphatic heterocycles. The number of hydrogen-bond acceptors (Lipinski definition) is 2. The van der Waals surface area contributed by atoms with E-state index >= 15 is 0 Å². The van der Waals surface area contributed by atoms with Crippen molar-refractivity contribution in [3.63, 3.8) is 0 Å². The Labute approximate surface area is 134 Å². The van der Waals surface area contributed by atoms with Gasteiger partial charge in [-0.25, -0.2) is 4.39 Å². The maximum absolute atomic E-state index is 13.4. The van der Waals surface area contributed by atoms with Crippen LogP contribution in [0.2, 0.25) is 0 Å². The first-order chi connectivity index (χ1) is 11.3. The first-order valence-corrected chi connectivity index (χ1v) is 7.30. The monoisotopic (exact) mass is 304 g/mol. The Morgan fingerprint density at radius 2 is 1.52 bits per heavy atom. The molecule has 0 aromatic heterocycles. The van der Waals surface area contributed by atoms with Crippen LogP contribution >= 0.6 is 0 Å². The largest absolute Gasteiger partial charge is 0.390 e. The van der Waals surface area contributed by atoms with E-state index in [2.05, 4.69) is 11.4 Å². The lowest BCUT2D eigenvalue weighted by Gasteiger charge is -2.08. The number of benzene rings is 3. The first kappa shape index (κ1) is 15.0. The van der Waals surface area contributed by atoms with Gasteiger partial charge < -0.3 is 4.84 Å². The molecule has 0 aliphatic rings. The van der Waals surface area contributed by atoms with Crippen LogP contribution in [0.5, 0.6) is 0 Å². The highest BCUT2D eigenvalue weighted by atomic mass is 19.1. The lowest BCUT2D eigenvalue weighted by molar-refractivity contribution is 0.132. The van der Waals surface area contributed by atoms with Crippen LogP contribution in [0.4, 0.5) is 4.39 Å². The number of nitrogens with zero attached hydrogens (tertiary/aromatic N) is 1. The third kappa shape index (κ3) is 3.83. The molecule has 2 nitrogen and oxygen atoms in total. The summed E-state index contributed by atoms with van der Waals surface area (Å²) in [6, 6.07) is 24.4. The summed E-state index contributed by atoms with van der Waals surface area (Å²) in [6.07, 6.45) is 2.57. The van der Waals surface area contributed by atoms with Crippen molar-refractivity contribution in [2.24, 2.45) is 5.16 Å². The van der Waals surface area contributed by atoms with Crippen molar-refractivity contribution in [3.8, 4) is 11.1 Å². The fourth-order valence-electron chi connectivity index (χ4n) is 2.28. The van der Waals surface area contributed by atoms with E-state index in [0.717, 1.165) is 16.7 Å². The van der Waals surface area contributed by atoms with Gasteiger partial charge in [0.1, 0.15) is 18.6 Å². The van der Waals surface area contributed by atoms with E-state index in [4.69, 9.17) is 4.84 Å². The van der Waals surface area contributed by atoms with Crippen LogP contribution in [-0.2, 0) is 11.4 Å². The third-order valence-electron chi connectivity index (χ3n) is 3.43. The van der Waals surface area contributed by atoms with Gasteiger partial charge in [-0.1, -0.05) is 71.9 Å². The summed E-state index contributed by atoms with van der Waals surface area (Å²) in [5.41, 5.74) is 3.50. The number of rotatable bonds is 5. The normalized spacial score (nSPS) is 10.8. The maximum Gasteiger partial charge on any atom is 0.142 e. The Morgan fingerprint density at radius 1 is 0.826 bits per heavy atom. The minimum Gasteiger partial charge on any atom is -0.390 e. The Balaban J connectivity index is 1.71. The van der Waals surface area contributed by atoms with Crippen molar-refractivity contribution in [3.05, 3.63) is 95.8 Å². The van der Waals surface area contributed by atoms with E-state index in [1.165, 1.54) is 6.07 Å². The van der Waals surface area contributed by atoms with Gasteiger partial charge >= 0.3 is 0 Å². The molecule has 3 aromatic carbocycles. The van der Waals surface area contributed by atoms with Crippen molar-refractivity contribution in [2.45, 2.75) is 6.61 Å². The highest BCUT2D eigenvalue weighted by Gasteiger charge is 2.04. The van der Waals surface area contributed by atoms with Crippen LogP contribution in [0.1, 0.15) is 11.1 Å². The van der Waals surface area contributed by atoms with Crippen LogP contribution in [0.3, 0.4) is 0 Å². The molecule has 0 atom stereocenters. The molecule has 0 bridgehead atoms. The maximum atomic E-state index is 13.4. The van der Waals surface area contributed by atoms with E-state index in [1.807, 2.05) is 54.6 Å². The summed E-state index contributed by atoms with van der Waals surface area (Å²) in [5, 5.41) is 3.74. The van der Waals surface area contributed by atoms with Gasteiger partial charge in [0.25, 0.3) is 0 Å². The Morgan fingerprint density at radius 3 is 2.35 bits per heavy atom. The molecule has 3 heteroatoms. The quantitative estimate of drug-likeness (QED) is 0.484. The number of halogens is 1. The van der Waals surface area contributed by atoms with Gasteiger partial charge in [0.15, 0.2) is 0 Å². The molecule has 0 saturated heterocycles. The van der Waals surface area contributed by atoms with Crippen molar-refractivity contribution in [2.75, 3.05) is 0 Å². The van der Waals surface area contributed by atoms with E-state index < -0.39 is 0 Å². The molecule has 0 aliphatic carbocycles. The predicted octanol–water partition coefficient (Wildman–Crippen LogP) is 4.92. The highest BCUT2D eigenvalue weighted by Crippen LogP contribution is 2.23. The lowest BCUT2D eigenvalue weighted by atomic mass is 10.0. The molecular formula is C20H15FNO. The van der Waals surface area contributed by atoms with Gasteiger partial charge in [0, 0.05) is 5.56 Å². The smallest absolute Gasteiger partial charge is 0.142 e. The third-order valence-corrected chi connectivity index (χ3v) is 3.43. The van der Waals surface area contributed by atoms with Crippen molar-refractivity contribution < 1.29 is 9.23 Å². The molecule has 1 radical (unpaired) electrons. The summed E-state index contributed by atoms with van der Waals surface area (Å²) in [6.45, 7) is 0.298. The average Bonchev–Trinajstić information content (AvgIpc) is 2.61. The van der Waals surface area contributed by atoms with E-state index in [-0.39, 0.29) is 11.4 Å². The lowest BCUT2D eigenvalue weighted by Crippen LogP contribution is -1.93. The van der Waals surface area contributed by atoms with Crippen molar-refractivity contribution in [1.82, 2.24) is 0 Å². The Bertz CT molecular complexity index is 800. The van der Waals surface area contributed by atoms with Gasteiger partial charge in [-0.3, -0.25) is 0 Å². The van der Waals surface area contributed by atoms with Gasteiger partial charge in [-0.05, 0) is 28.8 Å². The molecular weight excluding hydrogens is 289 g/mol. The molecule has 3 aromatic rings. The van der Waals surface area contributed by atoms with E-state index in [9.17, 15) is 4.39 Å². The minimum atomic E-state index is -0.371. The molecule has 0 spiro atoms. The SMILES string of the molecule is Fc1ccccc1/[C]=N/OCc1ccccc1-c1ccccc1. The molecule has 3 rings (SSSR count). The molecule has 0 fully saturated rings. The Kier molecular flexibility index (Phi) is 4.79. The van der Waals surface area contributed by atoms with Crippen molar-refractivity contribution in [1.29, 1.82) is 0 Å². The zero-order valence-corrected chi connectivity index (χ0v) is 12.4. The molecule has 0 unspecified atom stereocenters. The van der Waals surface area contributed by atoms with Crippen LogP contribution < -0.4 is 0 Å². The van der Waals surface area contributed by atoms with Gasteiger partial charge in [-0.2, -0.15) is 0 Å². The van der Waals surface area contributed by atoms with Crippen LogP contribution in [-0.4, -0.2) is 6.21 Å². The van der Waals surface area contributed by atoms with Gasteiger partial charge in [-0.15, -0.1) is 0 Å². The first-order valence-electron chi connectivity index (χ1n) is 7.30. The second kappa shape index (κ2) is 7.36. The van der Waals surface area contributed by atoms with Crippen LogP contribution in [0.15, 0.2) is 84.0 Å². The number of hydrogen-bond donors (Lipinski definition) is 0. The summed E-state index contributed by atoms with van der Waals surface area (Å²) in [4.78, 5) is 5.29. The van der Waals surface area contributed by atoms with E-state index in [0.29, 0.717) is 6.61 Å². The summed E-state index contributed by atoms with van der Waals surface area (Å²) in [7, 11) is 0. The van der Waals surface area contributed by atoms with Crippen molar-refractivity contribution >= 4 is 6.21 Å². The zero-order chi connectivity index (χ0) is 15.9. The second-order valence-corrected chi connectivity index (χ2v) is 4.98. The molecule has 0 saturated carbocycles. The van der Waals surface area contributed by atoms with Gasteiger partial charge in [0.05, 0.1) is 0 Å². The van der Waals surface area contributed by atoms with Crippen LogP contribution in [0, 0.1) is 5.82 Å². The molecule has 0 amide bonds. The summed E-state index contributed by atoms with van der Waals surface area (Å²) >= 11 is 0. The molecule has 113 valence electrons. The zero-order valence-electron chi connectivity index (χ0n) is 12.4. The second-order valence-electron chi connectivity index (χ2n) is 4.98. The topological polar surface area (TPSA) is 21.6 Å². The molecule has 0 heterocycles. The summed E-state index contributed by atoms with van der Waals surface area (Å²) in [5.74, 6) is -0.371. The summed E-state index contributed by atoms with van der Waals surface area (Å²) < 4.78 is 13.4. The predicted molar refractivity (Wildman–Crippen MR) is 89.6 cm³/mol. The minimum absolute atomic E-state index is 0.281. The van der Waals surface area contributed by atoms with Crippen LogP contribution in [0.25, 0.3) is 11.1 Å². The standard InChI is InChI=1S/C20H15FNO/c21-20-13-7-5-10-17(20)14-22-23-15-18-11-4-6-12-19(18)16-8-2-1-3-9-16/h1-13H,15H2. The fourth-order valence-corrected chi connectivity index (χ4v) is 2.28. The highest BCUT2D eigenvalue weighted by molar-refractivity contribution is 5.79. The average molecular weight is 304 g/mol. The van der Waals surface area contributed by atoms with E-state index in [1.54, 1.807) is 18.2 Å².